The molecule has 0 fully saturated rings. The van der Waals surface area contributed by atoms with E-state index in [-0.39, 0.29) is 11.9 Å². The van der Waals surface area contributed by atoms with E-state index < -0.39 is 0 Å². The molecule has 23 heavy (non-hydrogen) atoms. The Kier molecular flexibility index (Phi) is 6.18. The van der Waals surface area contributed by atoms with Crippen LogP contribution < -0.4 is 10.6 Å². The van der Waals surface area contributed by atoms with Gasteiger partial charge < -0.3 is 15.1 Å². The second-order valence-corrected chi connectivity index (χ2v) is 5.96. The maximum absolute atomic E-state index is 12.5. The molecule has 1 unspecified atom stereocenters. The third kappa shape index (κ3) is 3.92. The molecule has 0 saturated carbocycles. The number of hydrogen-bond donors (Lipinski definition) is 2. The molecule has 2 aromatic heterocycles. The highest BCUT2D eigenvalue weighted by Gasteiger charge is 2.23. The number of likely N-dealkylation sites (N-methyl/N-ethyl adjacent to an activating group) is 1. The summed E-state index contributed by atoms with van der Waals surface area (Å²) >= 11 is 1.30. The van der Waals surface area contributed by atoms with E-state index in [1.165, 1.54) is 11.5 Å². The largest absolute Gasteiger partial charge is 0.468 e. The molecule has 0 aliphatic rings. The molecule has 0 aliphatic carbocycles. The van der Waals surface area contributed by atoms with Gasteiger partial charge in [-0.2, -0.15) is 4.37 Å². The van der Waals surface area contributed by atoms with Crippen molar-refractivity contribution in [1.29, 1.82) is 0 Å². The first-order chi connectivity index (χ1) is 11.1. The highest BCUT2D eigenvalue weighted by Crippen LogP contribution is 2.24. The molecule has 0 radical (unpaired) electrons. The van der Waals surface area contributed by atoms with Gasteiger partial charge in [-0.3, -0.25) is 9.69 Å². The molecule has 0 aliphatic heterocycles. The molecule has 1 amide bonds. The highest BCUT2D eigenvalue weighted by molar-refractivity contribution is 7.10. The minimum Gasteiger partial charge on any atom is -0.468 e. The summed E-state index contributed by atoms with van der Waals surface area (Å²) in [6.07, 6.45) is 1.67. The average Bonchev–Trinajstić information content (AvgIpc) is 3.20. The number of nitrogens with one attached hydrogen (secondary N) is 2. The second-order valence-electron chi connectivity index (χ2n) is 5.18. The number of rotatable bonds is 8. The maximum atomic E-state index is 12.5. The first kappa shape index (κ1) is 17.5. The lowest BCUT2D eigenvalue weighted by Crippen LogP contribution is -2.38. The van der Waals surface area contributed by atoms with Gasteiger partial charge in [0.2, 0.25) is 0 Å². The van der Waals surface area contributed by atoms with Gasteiger partial charge in [0.15, 0.2) is 0 Å². The number of nitrogens with zero attached hydrogens (tertiary/aromatic N) is 2. The molecule has 0 aromatic carbocycles. The molecule has 0 saturated heterocycles. The van der Waals surface area contributed by atoms with E-state index in [1.54, 1.807) is 13.3 Å². The summed E-state index contributed by atoms with van der Waals surface area (Å²) in [5.74, 6) is 0.757. The van der Waals surface area contributed by atoms with Crippen LogP contribution in [0.3, 0.4) is 0 Å². The quantitative estimate of drug-likeness (QED) is 0.776. The zero-order valence-corrected chi connectivity index (χ0v) is 14.9. The molecular formula is C16H24N4O2S. The Balaban J connectivity index is 2.12. The van der Waals surface area contributed by atoms with Crippen LogP contribution in [-0.2, 0) is 0 Å². The fraction of sp³-hybridized carbons (Fsp3) is 0.500. The summed E-state index contributed by atoms with van der Waals surface area (Å²) in [5, 5.41) is 6.84. The third-order valence-electron chi connectivity index (χ3n) is 3.90. The molecule has 1 atom stereocenters. The minimum absolute atomic E-state index is 0.0221. The van der Waals surface area contributed by atoms with Crippen molar-refractivity contribution in [2.75, 3.05) is 32.0 Å². The zero-order valence-electron chi connectivity index (χ0n) is 14.0. The van der Waals surface area contributed by atoms with Crippen LogP contribution in [0.4, 0.5) is 5.00 Å². The van der Waals surface area contributed by atoms with Crippen molar-refractivity contribution >= 4 is 22.4 Å². The summed E-state index contributed by atoms with van der Waals surface area (Å²) < 4.78 is 9.80. The molecule has 2 aromatic rings. The van der Waals surface area contributed by atoms with Crippen LogP contribution in [-0.4, -0.2) is 41.9 Å². The van der Waals surface area contributed by atoms with Crippen LogP contribution in [0.5, 0.6) is 0 Å². The Morgan fingerprint density at radius 3 is 2.74 bits per heavy atom. The Hall–Kier alpha value is -1.86. The fourth-order valence-electron chi connectivity index (χ4n) is 2.64. The molecule has 2 rings (SSSR count). The number of carbonyl (C=O) groups is 1. The average molecular weight is 336 g/mol. The van der Waals surface area contributed by atoms with Crippen LogP contribution in [0, 0.1) is 6.92 Å². The van der Waals surface area contributed by atoms with E-state index >= 15 is 0 Å². The Morgan fingerprint density at radius 1 is 1.43 bits per heavy atom. The second kappa shape index (κ2) is 8.12. The number of amides is 1. The molecule has 0 spiro atoms. The van der Waals surface area contributed by atoms with Gasteiger partial charge in [-0.1, -0.05) is 13.8 Å². The van der Waals surface area contributed by atoms with Gasteiger partial charge >= 0.3 is 0 Å². The number of furan rings is 1. The van der Waals surface area contributed by atoms with Crippen molar-refractivity contribution in [3.8, 4) is 0 Å². The molecule has 2 heterocycles. The van der Waals surface area contributed by atoms with E-state index in [0.717, 1.165) is 29.5 Å². The van der Waals surface area contributed by atoms with Crippen molar-refractivity contribution in [2.24, 2.45) is 0 Å². The van der Waals surface area contributed by atoms with Gasteiger partial charge in [0.05, 0.1) is 23.6 Å². The lowest BCUT2D eigenvalue weighted by atomic mass is 10.1. The van der Waals surface area contributed by atoms with E-state index in [9.17, 15) is 4.79 Å². The molecule has 7 heteroatoms. The molecule has 2 N–H and O–H groups in total. The predicted molar refractivity (Wildman–Crippen MR) is 93.1 cm³/mol. The lowest BCUT2D eigenvalue weighted by molar-refractivity contribution is 0.0930. The predicted octanol–water partition coefficient (Wildman–Crippen LogP) is 2.90. The van der Waals surface area contributed by atoms with E-state index in [1.807, 2.05) is 19.1 Å². The van der Waals surface area contributed by atoms with Crippen LogP contribution in [0.15, 0.2) is 22.8 Å². The summed E-state index contributed by atoms with van der Waals surface area (Å²) in [5.41, 5.74) is 1.37. The molecule has 6 nitrogen and oxygen atoms in total. The van der Waals surface area contributed by atoms with Crippen LogP contribution in [0.2, 0.25) is 0 Å². The van der Waals surface area contributed by atoms with Crippen molar-refractivity contribution < 1.29 is 9.21 Å². The van der Waals surface area contributed by atoms with E-state index in [4.69, 9.17) is 4.42 Å². The topological polar surface area (TPSA) is 70.4 Å². The Labute approximate surface area is 141 Å². The minimum atomic E-state index is -0.107. The van der Waals surface area contributed by atoms with Crippen molar-refractivity contribution in [3.05, 3.63) is 35.4 Å². The number of hydrogen-bond acceptors (Lipinski definition) is 6. The maximum Gasteiger partial charge on any atom is 0.256 e. The monoisotopic (exact) mass is 336 g/mol. The van der Waals surface area contributed by atoms with Crippen molar-refractivity contribution in [1.82, 2.24) is 14.6 Å². The summed E-state index contributed by atoms with van der Waals surface area (Å²) in [7, 11) is 1.80. The normalized spacial score (nSPS) is 12.4. The number of carbonyl (C=O) groups excluding carboxylic acids is 1. The number of aromatic nitrogens is 1. The molecule has 126 valence electrons. The number of anilines is 1. The zero-order chi connectivity index (χ0) is 16.8. The highest BCUT2D eigenvalue weighted by atomic mass is 32.1. The summed E-state index contributed by atoms with van der Waals surface area (Å²) in [6, 6.07) is 3.85. The van der Waals surface area contributed by atoms with Gasteiger partial charge in [-0.05, 0) is 43.7 Å². The lowest BCUT2D eigenvalue weighted by Gasteiger charge is -2.28. The van der Waals surface area contributed by atoms with Gasteiger partial charge in [0, 0.05) is 13.6 Å². The van der Waals surface area contributed by atoms with Gasteiger partial charge in [0.25, 0.3) is 5.91 Å². The van der Waals surface area contributed by atoms with Crippen LogP contribution >= 0.6 is 11.5 Å². The van der Waals surface area contributed by atoms with Gasteiger partial charge in [-0.15, -0.1) is 0 Å². The van der Waals surface area contributed by atoms with Gasteiger partial charge in [0.1, 0.15) is 10.8 Å². The summed E-state index contributed by atoms with van der Waals surface area (Å²) in [4.78, 5) is 14.8. The molecule has 0 bridgehead atoms. The van der Waals surface area contributed by atoms with Crippen LogP contribution in [0.25, 0.3) is 0 Å². The first-order valence-electron chi connectivity index (χ1n) is 7.81. The first-order valence-corrected chi connectivity index (χ1v) is 8.59. The van der Waals surface area contributed by atoms with Gasteiger partial charge in [-0.25, -0.2) is 0 Å². The number of aryl methyl sites for hydroxylation is 1. The standard InChI is InChI=1S/C16H24N4O2S/c1-5-20(6-2)12(13-8-7-9-22-13)10-18-15(21)14-11(3)19-23-16(14)17-4/h7-9,12,17H,5-6,10H2,1-4H3,(H,18,21). The SMILES string of the molecule is CCN(CC)C(CNC(=O)c1c(C)nsc1NC)c1ccco1. The smallest absolute Gasteiger partial charge is 0.256 e. The van der Waals surface area contributed by atoms with Crippen LogP contribution in [0.1, 0.15) is 41.7 Å². The van der Waals surface area contributed by atoms with E-state index in [0.29, 0.717) is 12.1 Å². The Morgan fingerprint density at radius 2 is 2.17 bits per heavy atom. The van der Waals surface area contributed by atoms with Crippen molar-refractivity contribution in [2.45, 2.75) is 26.8 Å². The fourth-order valence-corrected chi connectivity index (χ4v) is 3.38. The molecular weight excluding hydrogens is 312 g/mol. The van der Waals surface area contributed by atoms with E-state index in [2.05, 4.69) is 33.8 Å². The Bertz CT molecular complexity index is 620. The summed E-state index contributed by atoms with van der Waals surface area (Å²) in [6.45, 7) is 8.32. The van der Waals surface area contributed by atoms with Crippen molar-refractivity contribution in [3.63, 3.8) is 0 Å². The third-order valence-corrected chi connectivity index (χ3v) is 4.85.